The average Bonchev–Trinajstić information content (AvgIpc) is 2.28. The zero-order valence-corrected chi connectivity index (χ0v) is 11.7. The maximum atomic E-state index is 13.0. The Kier molecular flexibility index (Phi) is 6.21. The summed E-state index contributed by atoms with van der Waals surface area (Å²) in [4.78, 5) is 13.9. The van der Waals surface area contributed by atoms with Crippen LogP contribution >= 0.6 is 12.4 Å². The Bertz CT molecular complexity index is 430. The van der Waals surface area contributed by atoms with Crippen LogP contribution in [0.25, 0.3) is 0 Å². The molecule has 1 saturated heterocycles. The number of amides is 1. The molecule has 1 heterocycles. The van der Waals surface area contributed by atoms with Gasteiger partial charge in [-0.3, -0.25) is 9.69 Å². The SMILES string of the molecule is CC1CN(CC(=O)Nc2cccc(F)c2)CCN1.Cl. The summed E-state index contributed by atoms with van der Waals surface area (Å²) in [6, 6.07) is 6.34. The minimum absolute atomic E-state index is 0. The molecule has 0 radical (unpaired) electrons. The molecule has 1 amide bonds. The number of nitrogens with zero attached hydrogens (tertiary/aromatic N) is 1. The van der Waals surface area contributed by atoms with E-state index in [-0.39, 0.29) is 24.1 Å². The quantitative estimate of drug-likeness (QED) is 0.885. The molecule has 19 heavy (non-hydrogen) atoms. The molecule has 1 aliphatic rings. The van der Waals surface area contributed by atoms with Crippen LogP contribution in [-0.2, 0) is 4.79 Å². The number of carbonyl (C=O) groups is 1. The van der Waals surface area contributed by atoms with E-state index in [4.69, 9.17) is 0 Å². The smallest absolute Gasteiger partial charge is 0.238 e. The van der Waals surface area contributed by atoms with Gasteiger partial charge in [-0.1, -0.05) is 6.07 Å². The van der Waals surface area contributed by atoms with E-state index in [2.05, 4.69) is 22.5 Å². The second kappa shape index (κ2) is 7.43. The first-order valence-corrected chi connectivity index (χ1v) is 6.14. The number of hydrogen-bond acceptors (Lipinski definition) is 3. The van der Waals surface area contributed by atoms with Crippen LogP contribution in [0.15, 0.2) is 24.3 Å². The Morgan fingerprint density at radius 3 is 3.05 bits per heavy atom. The van der Waals surface area contributed by atoms with Gasteiger partial charge in [-0.2, -0.15) is 0 Å². The van der Waals surface area contributed by atoms with Gasteiger partial charge in [-0.15, -0.1) is 12.4 Å². The van der Waals surface area contributed by atoms with Crippen LogP contribution in [0.4, 0.5) is 10.1 Å². The van der Waals surface area contributed by atoms with E-state index >= 15 is 0 Å². The lowest BCUT2D eigenvalue weighted by molar-refractivity contribution is -0.117. The molecule has 0 spiro atoms. The number of hydrogen-bond donors (Lipinski definition) is 2. The Morgan fingerprint density at radius 2 is 2.37 bits per heavy atom. The second-order valence-electron chi connectivity index (χ2n) is 4.65. The third kappa shape index (κ3) is 5.14. The lowest BCUT2D eigenvalue weighted by atomic mass is 10.2. The molecule has 0 bridgehead atoms. The van der Waals surface area contributed by atoms with E-state index in [1.165, 1.54) is 12.1 Å². The Balaban J connectivity index is 0.00000180. The first-order valence-electron chi connectivity index (χ1n) is 6.14. The van der Waals surface area contributed by atoms with Gasteiger partial charge < -0.3 is 10.6 Å². The van der Waals surface area contributed by atoms with Gasteiger partial charge in [0.1, 0.15) is 5.82 Å². The van der Waals surface area contributed by atoms with Crippen molar-refractivity contribution in [2.24, 2.45) is 0 Å². The van der Waals surface area contributed by atoms with Crippen LogP contribution in [0.3, 0.4) is 0 Å². The summed E-state index contributed by atoms with van der Waals surface area (Å²) in [6.45, 7) is 5.06. The van der Waals surface area contributed by atoms with Crippen molar-refractivity contribution < 1.29 is 9.18 Å². The number of benzene rings is 1. The fourth-order valence-corrected chi connectivity index (χ4v) is 2.13. The highest BCUT2D eigenvalue weighted by molar-refractivity contribution is 5.92. The Labute approximate surface area is 118 Å². The zero-order chi connectivity index (χ0) is 13.0. The molecule has 6 heteroatoms. The van der Waals surface area contributed by atoms with Gasteiger partial charge in [0.25, 0.3) is 0 Å². The topological polar surface area (TPSA) is 44.4 Å². The minimum atomic E-state index is -0.344. The number of nitrogens with one attached hydrogen (secondary N) is 2. The Morgan fingerprint density at radius 1 is 1.58 bits per heavy atom. The molecular weight excluding hydrogens is 269 g/mol. The van der Waals surface area contributed by atoms with Gasteiger partial charge in [0.15, 0.2) is 0 Å². The first-order chi connectivity index (χ1) is 8.63. The van der Waals surface area contributed by atoms with E-state index in [0.29, 0.717) is 18.3 Å². The molecule has 1 aromatic carbocycles. The number of anilines is 1. The number of halogens is 2. The molecular formula is C13H19ClFN3O. The summed E-state index contributed by atoms with van der Waals surface area (Å²) in [5.74, 6) is -0.446. The van der Waals surface area contributed by atoms with Gasteiger partial charge in [-0.25, -0.2) is 4.39 Å². The van der Waals surface area contributed by atoms with Gasteiger partial charge in [-0.05, 0) is 25.1 Å². The van der Waals surface area contributed by atoms with Gasteiger partial charge in [0.2, 0.25) is 5.91 Å². The maximum Gasteiger partial charge on any atom is 0.238 e. The van der Waals surface area contributed by atoms with Crippen LogP contribution in [0, 0.1) is 5.82 Å². The molecule has 4 nitrogen and oxygen atoms in total. The molecule has 2 N–H and O–H groups in total. The third-order valence-corrected chi connectivity index (χ3v) is 2.93. The van der Waals surface area contributed by atoms with Gasteiger partial charge >= 0.3 is 0 Å². The lowest BCUT2D eigenvalue weighted by Gasteiger charge is -2.31. The molecule has 1 unspecified atom stereocenters. The molecule has 0 aliphatic carbocycles. The monoisotopic (exact) mass is 287 g/mol. The largest absolute Gasteiger partial charge is 0.325 e. The number of rotatable bonds is 3. The van der Waals surface area contributed by atoms with Crippen molar-refractivity contribution in [3.05, 3.63) is 30.1 Å². The van der Waals surface area contributed by atoms with Crippen molar-refractivity contribution in [2.75, 3.05) is 31.5 Å². The van der Waals surface area contributed by atoms with Gasteiger partial charge in [0.05, 0.1) is 6.54 Å². The van der Waals surface area contributed by atoms with Crippen LogP contribution in [-0.4, -0.2) is 43.0 Å². The summed E-state index contributed by atoms with van der Waals surface area (Å²) >= 11 is 0. The van der Waals surface area contributed by atoms with Crippen molar-refractivity contribution >= 4 is 24.0 Å². The summed E-state index contributed by atoms with van der Waals surface area (Å²) in [5.41, 5.74) is 0.503. The second-order valence-corrected chi connectivity index (χ2v) is 4.65. The average molecular weight is 288 g/mol. The van der Waals surface area contributed by atoms with Crippen LogP contribution in [0.1, 0.15) is 6.92 Å². The maximum absolute atomic E-state index is 13.0. The summed E-state index contributed by atoms with van der Waals surface area (Å²) in [5, 5.41) is 6.02. The van der Waals surface area contributed by atoms with Crippen molar-refractivity contribution in [1.29, 1.82) is 0 Å². The lowest BCUT2D eigenvalue weighted by Crippen LogP contribution is -2.51. The molecule has 1 aromatic rings. The predicted octanol–water partition coefficient (Wildman–Crippen LogP) is 1.48. The van der Waals surface area contributed by atoms with Crippen LogP contribution in [0.5, 0.6) is 0 Å². The third-order valence-electron chi connectivity index (χ3n) is 2.93. The zero-order valence-electron chi connectivity index (χ0n) is 10.9. The minimum Gasteiger partial charge on any atom is -0.325 e. The molecule has 1 aliphatic heterocycles. The highest BCUT2D eigenvalue weighted by atomic mass is 35.5. The molecule has 1 fully saturated rings. The molecule has 1 atom stereocenters. The van der Waals surface area contributed by atoms with Crippen molar-refractivity contribution in [3.63, 3.8) is 0 Å². The first kappa shape index (κ1) is 15.9. The summed E-state index contributed by atoms with van der Waals surface area (Å²) in [6.07, 6.45) is 0. The van der Waals surface area contributed by atoms with Crippen molar-refractivity contribution in [3.8, 4) is 0 Å². The summed E-state index contributed by atoms with van der Waals surface area (Å²) < 4.78 is 13.0. The fraction of sp³-hybridized carbons (Fsp3) is 0.462. The highest BCUT2D eigenvalue weighted by Gasteiger charge is 2.17. The van der Waals surface area contributed by atoms with E-state index < -0.39 is 0 Å². The van der Waals surface area contributed by atoms with E-state index in [1.54, 1.807) is 12.1 Å². The molecule has 106 valence electrons. The fourth-order valence-electron chi connectivity index (χ4n) is 2.13. The molecule has 0 aromatic heterocycles. The normalized spacial score (nSPS) is 19.6. The highest BCUT2D eigenvalue weighted by Crippen LogP contribution is 2.09. The number of carbonyl (C=O) groups excluding carboxylic acids is 1. The van der Waals surface area contributed by atoms with E-state index in [0.717, 1.165) is 19.6 Å². The summed E-state index contributed by atoms with van der Waals surface area (Å²) in [7, 11) is 0. The van der Waals surface area contributed by atoms with E-state index in [1.807, 2.05) is 0 Å². The van der Waals surface area contributed by atoms with Crippen LogP contribution < -0.4 is 10.6 Å². The Hall–Kier alpha value is -1.17. The van der Waals surface area contributed by atoms with Gasteiger partial charge in [0, 0.05) is 31.4 Å². The number of piperazine rings is 1. The molecule has 0 saturated carbocycles. The predicted molar refractivity (Wildman–Crippen MR) is 76.2 cm³/mol. The molecule has 2 rings (SSSR count). The van der Waals surface area contributed by atoms with Crippen LogP contribution in [0.2, 0.25) is 0 Å². The van der Waals surface area contributed by atoms with E-state index in [9.17, 15) is 9.18 Å². The standard InChI is InChI=1S/C13H18FN3O.ClH/c1-10-8-17(6-5-15-10)9-13(18)16-12-4-2-3-11(14)7-12;/h2-4,7,10,15H,5-6,8-9H2,1H3,(H,16,18);1H. The van der Waals surface area contributed by atoms with Crippen molar-refractivity contribution in [1.82, 2.24) is 10.2 Å². The van der Waals surface area contributed by atoms with Crippen molar-refractivity contribution in [2.45, 2.75) is 13.0 Å².